The number of ether oxygens (including phenoxy) is 2. The lowest BCUT2D eigenvalue weighted by molar-refractivity contribution is -0.161. The Morgan fingerprint density at radius 3 is 2.93 bits per heavy atom. The SMILES string of the molecule is CCC1O[C@@H](C)C2NC(=O)O[C@H]2[C@H]1O. The molecule has 2 heterocycles. The Kier molecular flexibility index (Phi) is 2.36. The molecule has 1 amide bonds. The average Bonchev–Trinajstić information content (AvgIpc) is 2.54. The molecule has 5 heteroatoms. The number of alkyl carbamates (subject to hydrolysis) is 1. The minimum absolute atomic E-state index is 0.111. The van der Waals surface area contributed by atoms with Crippen LogP contribution in [0, 0.1) is 0 Å². The second-order valence-corrected chi connectivity index (χ2v) is 3.82. The molecule has 0 bridgehead atoms. The van der Waals surface area contributed by atoms with E-state index in [0.29, 0.717) is 6.42 Å². The van der Waals surface area contributed by atoms with E-state index in [1.165, 1.54) is 0 Å². The van der Waals surface area contributed by atoms with Crippen LogP contribution >= 0.6 is 0 Å². The van der Waals surface area contributed by atoms with Gasteiger partial charge in [-0.25, -0.2) is 4.79 Å². The topological polar surface area (TPSA) is 67.8 Å². The number of carbonyl (C=O) groups excluding carboxylic acids is 1. The Hall–Kier alpha value is -0.810. The van der Waals surface area contributed by atoms with E-state index < -0.39 is 18.3 Å². The summed E-state index contributed by atoms with van der Waals surface area (Å²) in [5.41, 5.74) is 0. The number of hydrogen-bond acceptors (Lipinski definition) is 4. The fourth-order valence-corrected chi connectivity index (χ4v) is 2.11. The van der Waals surface area contributed by atoms with Crippen LogP contribution in [0.5, 0.6) is 0 Å². The first kappa shape index (κ1) is 9.73. The summed E-state index contributed by atoms with van der Waals surface area (Å²) in [7, 11) is 0. The third kappa shape index (κ3) is 1.36. The standard InChI is InChI=1S/C9H15NO4/c1-3-5-7(11)8-6(4(2)13-5)10-9(12)14-8/h4-8,11H,3H2,1-2H3,(H,10,12)/t4-,5?,6?,7-,8+/m0/s1. The van der Waals surface area contributed by atoms with Gasteiger partial charge in [-0.15, -0.1) is 0 Å². The van der Waals surface area contributed by atoms with Crippen LogP contribution in [0.15, 0.2) is 0 Å². The van der Waals surface area contributed by atoms with Gasteiger partial charge in [-0.3, -0.25) is 0 Å². The summed E-state index contributed by atoms with van der Waals surface area (Å²) >= 11 is 0. The highest BCUT2D eigenvalue weighted by Crippen LogP contribution is 2.28. The highest BCUT2D eigenvalue weighted by Gasteiger charge is 2.49. The van der Waals surface area contributed by atoms with E-state index in [-0.39, 0.29) is 18.2 Å². The Bertz CT molecular complexity index is 245. The zero-order valence-corrected chi connectivity index (χ0v) is 8.27. The van der Waals surface area contributed by atoms with E-state index >= 15 is 0 Å². The number of carbonyl (C=O) groups is 1. The Morgan fingerprint density at radius 2 is 2.29 bits per heavy atom. The summed E-state index contributed by atoms with van der Waals surface area (Å²) in [5.74, 6) is 0. The molecule has 14 heavy (non-hydrogen) atoms. The van der Waals surface area contributed by atoms with Crippen LogP contribution in [-0.2, 0) is 9.47 Å². The maximum absolute atomic E-state index is 11.0. The van der Waals surface area contributed by atoms with Crippen LogP contribution in [0.25, 0.3) is 0 Å². The number of hydrogen-bond donors (Lipinski definition) is 2. The van der Waals surface area contributed by atoms with E-state index in [2.05, 4.69) is 5.32 Å². The first-order chi connectivity index (χ1) is 6.63. The smallest absolute Gasteiger partial charge is 0.408 e. The van der Waals surface area contributed by atoms with Gasteiger partial charge in [0.15, 0.2) is 6.10 Å². The summed E-state index contributed by atoms with van der Waals surface area (Å²) in [4.78, 5) is 11.0. The van der Waals surface area contributed by atoms with Gasteiger partial charge in [0, 0.05) is 0 Å². The van der Waals surface area contributed by atoms with Crippen LogP contribution in [-0.4, -0.2) is 41.7 Å². The number of rotatable bonds is 1. The molecular formula is C9H15NO4. The molecule has 2 unspecified atom stereocenters. The molecule has 5 atom stereocenters. The third-order valence-corrected chi connectivity index (χ3v) is 2.90. The maximum Gasteiger partial charge on any atom is 0.408 e. The number of amides is 1. The first-order valence-corrected chi connectivity index (χ1v) is 4.94. The van der Waals surface area contributed by atoms with Crippen LogP contribution in [0.1, 0.15) is 20.3 Å². The van der Waals surface area contributed by atoms with Crippen LogP contribution in [0.3, 0.4) is 0 Å². The molecule has 0 radical (unpaired) electrons. The summed E-state index contributed by atoms with van der Waals surface area (Å²) in [6, 6.07) is -0.222. The van der Waals surface area contributed by atoms with E-state index in [4.69, 9.17) is 9.47 Å². The lowest BCUT2D eigenvalue weighted by Gasteiger charge is -2.38. The van der Waals surface area contributed by atoms with Gasteiger partial charge < -0.3 is 19.9 Å². The minimum Gasteiger partial charge on any atom is -0.441 e. The number of fused-ring (bicyclic) bond motifs is 1. The third-order valence-electron chi connectivity index (χ3n) is 2.90. The normalized spacial score (nSPS) is 46.8. The molecule has 0 spiro atoms. The van der Waals surface area contributed by atoms with Crippen molar-refractivity contribution in [2.75, 3.05) is 0 Å². The van der Waals surface area contributed by atoms with Gasteiger partial charge in [0.05, 0.1) is 18.2 Å². The molecule has 2 N–H and O–H groups in total. The van der Waals surface area contributed by atoms with Gasteiger partial charge >= 0.3 is 6.09 Å². The van der Waals surface area contributed by atoms with Gasteiger partial charge in [0.2, 0.25) is 0 Å². The molecule has 2 fully saturated rings. The van der Waals surface area contributed by atoms with E-state index in [0.717, 1.165) is 0 Å². The average molecular weight is 201 g/mol. The molecule has 2 saturated heterocycles. The molecule has 0 saturated carbocycles. The van der Waals surface area contributed by atoms with Crippen molar-refractivity contribution in [3.63, 3.8) is 0 Å². The molecule has 0 aromatic heterocycles. The predicted molar refractivity (Wildman–Crippen MR) is 47.8 cm³/mol. The number of aliphatic hydroxyl groups excluding tert-OH is 1. The first-order valence-electron chi connectivity index (χ1n) is 4.94. The number of nitrogens with one attached hydrogen (secondary N) is 1. The van der Waals surface area contributed by atoms with Crippen LogP contribution < -0.4 is 5.32 Å². The molecule has 2 aliphatic rings. The Morgan fingerprint density at radius 1 is 1.57 bits per heavy atom. The monoisotopic (exact) mass is 201 g/mol. The minimum atomic E-state index is -0.722. The molecule has 80 valence electrons. The lowest BCUT2D eigenvalue weighted by atomic mass is 9.93. The second kappa shape index (κ2) is 3.40. The maximum atomic E-state index is 11.0. The van der Waals surface area contributed by atoms with E-state index in [1.807, 2.05) is 13.8 Å². The summed E-state index contributed by atoms with van der Waals surface area (Å²) in [5, 5.41) is 12.5. The molecule has 0 aromatic carbocycles. The van der Waals surface area contributed by atoms with E-state index in [9.17, 15) is 9.90 Å². The zero-order chi connectivity index (χ0) is 10.3. The van der Waals surface area contributed by atoms with Crippen molar-refractivity contribution in [3.05, 3.63) is 0 Å². The van der Waals surface area contributed by atoms with Crippen molar-refractivity contribution in [3.8, 4) is 0 Å². The van der Waals surface area contributed by atoms with Crippen LogP contribution in [0.2, 0.25) is 0 Å². The van der Waals surface area contributed by atoms with Crippen molar-refractivity contribution in [1.29, 1.82) is 0 Å². The van der Waals surface area contributed by atoms with Gasteiger partial charge in [0.25, 0.3) is 0 Å². The van der Waals surface area contributed by atoms with Crippen molar-refractivity contribution >= 4 is 6.09 Å². The molecular weight excluding hydrogens is 186 g/mol. The second-order valence-electron chi connectivity index (χ2n) is 3.82. The Labute approximate surface area is 82.4 Å². The quantitative estimate of drug-likeness (QED) is 0.627. The van der Waals surface area contributed by atoms with Crippen molar-refractivity contribution < 1.29 is 19.4 Å². The summed E-state index contributed by atoms with van der Waals surface area (Å²) in [6.45, 7) is 3.81. The summed E-state index contributed by atoms with van der Waals surface area (Å²) < 4.78 is 10.6. The zero-order valence-electron chi connectivity index (χ0n) is 8.27. The molecule has 0 aliphatic carbocycles. The highest BCUT2D eigenvalue weighted by molar-refractivity contribution is 5.70. The van der Waals surface area contributed by atoms with E-state index in [1.54, 1.807) is 0 Å². The van der Waals surface area contributed by atoms with Gasteiger partial charge in [0.1, 0.15) is 6.10 Å². The molecule has 2 rings (SSSR count). The van der Waals surface area contributed by atoms with Gasteiger partial charge in [-0.05, 0) is 13.3 Å². The molecule has 0 aromatic rings. The lowest BCUT2D eigenvalue weighted by Crippen LogP contribution is -2.57. The van der Waals surface area contributed by atoms with Gasteiger partial charge in [-0.2, -0.15) is 0 Å². The largest absolute Gasteiger partial charge is 0.441 e. The van der Waals surface area contributed by atoms with Crippen LogP contribution in [0.4, 0.5) is 4.79 Å². The Balaban J connectivity index is 2.15. The van der Waals surface area contributed by atoms with Crippen molar-refractivity contribution in [2.45, 2.75) is 50.7 Å². The highest BCUT2D eigenvalue weighted by atomic mass is 16.6. The van der Waals surface area contributed by atoms with Crippen molar-refractivity contribution in [2.24, 2.45) is 0 Å². The fraction of sp³-hybridized carbons (Fsp3) is 0.889. The summed E-state index contributed by atoms with van der Waals surface area (Å²) in [6.07, 6.45) is -1.28. The van der Waals surface area contributed by atoms with Crippen molar-refractivity contribution in [1.82, 2.24) is 5.32 Å². The molecule has 5 nitrogen and oxygen atoms in total. The van der Waals surface area contributed by atoms with Gasteiger partial charge in [-0.1, -0.05) is 6.92 Å². The molecule has 2 aliphatic heterocycles. The predicted octanol–water partition coefficient (Wildman–Crippen LogP) is 0.0216. The fourth-order valence-electron chi connectivity index (χ4n) is 2.11. The number of aliphatic hydroxyl groups is 1.